The van der Waals surface area contributed by atoms with Gasteiger partial charge in [-0.1, -0.05) is 0 Å². The van der Waals surface area contributed by atoms with Gasteiger partial charge in [0.2, 0.25) is 5.89 Å². The molecule has 0 unspecified atom stereocenters. The van der Waals surface area contributed by atoms with Crippen molar-refractivity contribution in [3.63, 3.8) is 0 Å². The number of furan rings is 1. The Morgan fingerprint density at radius 2 is 2.14 bits per heavy atom. The van der Waals surface area contributed by atoms with Crippen LogP contribution in [0.1, 0.15) is 5.89 Å². The number of nitrogens with two attached hydrogens (primary N) is 1. The van der Waals surface area contributed by atoms with Crippen molar-refractivity contribution < 1.29 is 8.83 Å². The second kappa shape index (κ2) is 3.93. The summed E-state index contributed by atoms with van der Waals surface area (Å²) in [6.07, 6.45) is 0.578. The zero-order valence-corrected chi connectivity index (χ0v) is 8.82. The van der Waals surface area contributed by atoms with Crippen LogP contribution in [-0.2, 0) is 6.42 Å². The Kier molecular flexibility index (Phi) is 2.64. The summed E-state index contributed by atoms with van der Waals surface area (Å²) >= 11 is 3.19. The summed E-state index contributed by atoms with van der Waals surface area (Å²) in [4.78, 5) is 0. The lowest BCUT2D eigenvalue weighted by Gasteiger charge is -1.87. The number of nitrogens with zero attached hydrogens (tertiary/aromatic N) is 2. The molecule has 0 bridgehead atoms. The molecule has 0 atom stereocenters. The van der Waals surface area contributed by atoms with Gasteiger partial charge in [-0.3, -0.25) is 0 Å². The van der Waals surface area contributed by atoms with Crippen LogP contribution in [0.4, 0.5) is 0 Å². The van der Waals surface area contributed by atoms with Crippen LogP contribution in [0, 0.1) is 0 Å². The van der Waals surface area contributed by atoms with Gasteiger partial charge >= 0.3 is 0 Å². The molecule has 6 heteroatoms. The van der Waals surface area contributed by atoms with E-state index in [-0.39, 0.29) is 0 Å². The summed E-state index contributed by atoms with van der Waals surface area (Å²) in [5.74, 6) is 1.45. The molecule has 2 aromatic heterocycles. The minimum atomic E-state index is 0.374. The summed E-state index contributed by atoms with van der Waals surface area (Å²) in [6, 6.07) is 3.52. The van der Waals surface area contributed by atoms with Crippen LogP contribution >= 0.6 is 15.9 Å². The summed E-state index contributed by atoms with van der Waals surface area (Å²) in [6.45, 7) is 0.490. The van der Waals surface area contributed by atoms with Crippen molar-refractivity contribution in [1.82, 2.24) is 10.2 Å². The van der Waals surface area contributed by atoms with Crippen molar-refractivity contribution in [3.05, 3.63) is 22.7 Å². The largest absolute Gasteiger partial charge is 0.444 e. The summed E-state index contributed by atoms with van der Waals surface area (Å²) in [7, 11) is 0. The first-order chi connectivity index (χ1) is 6.79. The van der Waals surface area contributed by atoms with E-state index < -0.39 is 0 Å². The molecule has 0 aromatic carbocycles. The summed E-state index contributed by atoms with van der Waals surface area (Å²) < 4.78 is 11.2. The van der Waals surface area contributed by atoms with Gasteiger partial charge in [-0.25, -0.2) is 0 Å². The number of hydrogen-bond donors (Lipinski definition) is 1. The number of hydrogen-bond acceptors (Lipinski definition) is 5. The molecule has 5 nitrogen and oxygen atoms in total. The molecule has 0 spiro atoms. The molecular formula is C8H8BrN3O2. The average Bonchev–Trinajstić information content (AvgIpc) is 2.74. The molecule has 2 rings (SSSR count). The highest BCUT2D eigenvalue weighted by atomic mass is 79.9. The third-order valence-corrected chi connectivity index (χ3v) is 2.04. The maximum atomic E-state index is 5.35. The third kappa shape index (κ3) is 1.85. The predicted molar refractivity (Wildman–Crippen MR) is 52.5 cm³/mol. The van der Waals surface area contributed by atoms with E-state index in [1.165, 1.54) is 0 Å². The van der Waals surface area contributed by atoms with Crippen LogP contribution in [0.5, 0.6) is 0 Å². The molecule has 0 amide bonds. The van der Waals surface area contributed by atoms with Gasteiger partial charge in [-0.15, -0.1) is 10.2 Å². The molecule has 0 radical (unpaired) electrons. The number of halogens is 1. The standard InChI is InChI=1S/C8H8BrN3O2/c9-6-2-1-5(13-6)8-12-11-7(14-8)3-4-10/h1-2H,3-4,10H2. The highest BCUT2D eigenvalue weighted by molar-refractivity contribution is 9.10. The van der Waals surface area contributed by atoms with E-state index in [9.17, 15) is 0 Å². The normalized spacial score (nSPS) is 10.7. The van der Waals surface area contributed by atoms with Crippen LogP contribution in [-0.4, -0.2) is 16.7 Å². The van der Waals surface area contributed by atoms with Crippen LogP contribution < -0.4 is 5.73 Å². The van der Waals surface area contributed by atoms with E-state index in [0.29, 0.717) is 35.2 Å². The monoisotopic (exact) mass is 257 g/mol. The van der Waals surface area contributed by atoms with Gasteiger partial charge in [-0.05, 0) is 28.1 Å². The molecular weight excluding hydrogens is 250 g/mol. The zero-order chi connectivity index (χ0) is 9.97. The Morgan fingerprint density at radius 3 is 2.79 bits per heavy atom. The Balaban J connectivity index is 2.24. The fraction of sp³-hybridized carbons (Fsp3) is 0.250. The van der Waals surface area contributed by atoms with Gasteiger partial charge in [-0.2, -0.15) is 0 Å². The molecule has 74 valence electrons. The van der Waals surface area contributed by atoms with Crippen molar-refractivity contribution in [3.8, 4) is 11.7 Å². The fourth-order valence-corrected chi connectivity index (χ4v) is 1.31. The SMILES string of the molecule is NCCc1nnc(-c2ccc(Br)o2)o1. The smallest absolute Gasteiger partial charge is 0.283 e. The second-order valence-electron chi connectivity index (χ2n) is 2.64. The molecule has 0 aliphatic rings. The van der Waals surface area contributed by atoms with Crippen molar-refractivity contribution in [2.75, 3.05) is 6.54 Å². The van der Waals surface area contributed by atoms with Gasteiger partial charge in [0, 0.05) is 13.0 Å². The molecule has 2 aromatic rings. The highest BCUT2D eigenvalue weighted by Gasteiger charge is 2.11. The Bertz CT molecular complexity index is 424. The molecule has 0 aliphatic carbocycles. The van der Waals surface area contributed by atoms with E-state index in [2.05, 4.69) is 26.1 Å². The van der Waals surface area contributed by atoms with E-state index in [4.69, 9.17) is 14.6 Å². The van der Waals surface area contributed by atoms with Gasteiger partial charge in [0.15, 0.2) is 10.4 Å². The van der Waals surface area contributed by atoms with E-state index in [1.54, 1.807) is 12.1 Å². The topological polar surface area (TPSA) is 78.1 Å². The summed E-state index contributed by atoms with van der Waals surface area (Å²) in [5.41, 5.74) is 5.35. The van der Waals surface area contributed by atoms with Gasteiger partial charge in [0.05, 0.1) is 0 Å². The van der Waals surface area contributed by atoms with Crippen LogP contribution in [0.2, 0.25) is 0 Å². The minimum absolute atomic E-state index is 0.374. The van der Waals surface area contributed by atoms with Gasteiger partial charge in [0.1, 0.15) is 0 Å². The van der Waals surface area contributed by atoms with Gasteiger partial charge in [0.25, 0.3) is 5.89 Å². The predicted octanol–water partition coefficient (Wildman–Crippen LogP) is 1.59. The van der Waals surface area contributed by atoms with Crippen molar-refractivity contribution in [1.29, 1.82) is 0 Å². The number of rotatable bonds is 3. The lowest BCUT2D eigenvalue weighted by molar-refractivity contribution is 0.475. The highest BCUT2D eigenvalue weighted by Crippen LogP contribution is 2.23. The maximum Gasteiger partial charge on any atom is 0.283 e. The quantitative estimate of drug-likeness (QED) is 0.904. The fourth-order valence-electron chi connectivity index (χ4n) is 1.01. The van der Waals surface area contributed by atoms with Crippen LogP contribution in [0.15, 0.2) is 25.6 Å². The van der Waals surface area contributed by atoms with Crippen molar-refractivity contribution >= 4 is 15.9 Å². The van der Waals surface area contributed by atoms with E-state index in [0.717, 1.165) is 0 Å². The van der Waals surface area contributed by atoms with Crippen molar-refractivity contribution in [2.45, 2.75) is 6.42 Å². The molecule has 2 heterocycles. The summed E-state index contributed by atoms with van der Waals surface area (Å²) in [5, 5.41) is 7.65. The van der Waals surface area contributed by atoms with Crippen LogP contribution in [0.3, 0.4) is 0 Å². The average molecular weight is 258 g/mol. The molecule has 0 saturated carbocycles. The third-order valence-electron chi connectivity index (χ3n) is 1.61. The molecule has 0 fully saturated rings. The Hall–Kier alpha value is -1.14. The van der Waals surface area contributed by atoms with Crippen LogP contribution in [0.25, 0.3) is 11.7 Å². The molecule has 0 saturated heterocycles. The van der Waals surface area contributed by atoms with E-state index >= 15 is 0 Å². The first-order valence-electron chi connectivity index (χ1n) is 4.08. The Labute approximate surface area is 88.4 Å². The first-order valence-corrected chi connectivity index (χ1v) is 4.87. The molecule has 0 aliphatic heterocycles. The molecule has 14 heavy (non-hydrogen) atoms. The van der Waals surface area contributed by atoms with Gasteiger partial charge < -0.3 is 14.6 Å². The Morgan fingerprint density at radius 1 is 1.29 bits per heavy atom. The lowest BCUT2D eigenvalue weighted by atomic mass is 10.4. The minimum Gasteiger partial charge on any atom is -0.444 e. The van der Waals surface area contributed by atoms with Crippen molar-refractivity contribution in [2.24, 2.45) is 5.73 Å². The first kappa shape index (κ1) is 9.42. The maximum absolute atomic E-state index is 5.35. The lowest BCUT2D eigenvalue weighted by Crippen LogP contribution is -2.02. The second-order valence-corrected chi connectivity index (χ2v) is 3.42. The number of aromatic nitrogens is 2. The van der Waals surface area contributed by atoms with E-state index in [1.807, 2.05) is 0 Å². The molecule has 2 N–H and O–H groups in total. The zero-order valence-electron chi connectivity index (χ0n) is 7.24.